The Balaban J connectivity index is 1.92. The van der Waals surface area contributed by atoms with Crippen LogP contribution in [0.25, 0.3) is 0 Å². The third-order valence-corrected chi connectivity index (χ3v) is 3.33. The first-order chi connectivity index (χ1) is 6.88. The van der Waals surface area contributed by atoms with Gasteiger partial charge in [0.15, 0.2) is 10.2 Å². The quantitative estimate of drug-likeness (QED) is 0.743. The third kappa shape index (κ3) is 2.30. The second-order valence-electron chi connectivity index (χ2n) is 2.45. The summed E-state index contributed by atoms with van der Waals surface area (Å²) in [7, 11) is 0. The number of aromatic nitrogens is 4. The van der Waals surface area contributed by atoms with Gasteiger partial charge in [-0.3, -0.25) is 0 Å². The molecule has 2 heterocycles. The van der Waals surface area contributed by atoms with Crippen molar-refractivity contribution in [1.29, 1.82) is 0 Å². The zero-order valence-corrected chi connectivity index (χ0v) is 9.14. The maximum Gasteiger partial charge on any atom is 0.237 e. The van der Waals surface area contributed by atoms with E-state index in [1.54, 1.807) is 17.3 Å². The Morgan fingerprint density at radius 2 is 2.50 bits per heavy atom. The molecule has 0 radical (unpaired) electrons. The van der Waals surface area contributed by atoms with Crippen molar-refractivity contribution in [3.63, 3.8) is 0 Å². The molecule has 0 saturated carbocycles. The Kier molecular flexibility index (Phi) is 3.10. The van der Waals surface area contributed by atoms with Crippen LogP contribution in [0.5, 0.6) is 0 Å². The van der Waals surface area contributed by atoms with Crippen LogP contribution < -0.4 is 0 Å². The first-order valence-electron chi connectivity index (χ1n) is 4.09. The Morgan fingerprint density at radius 3 is 3.14 bits per heavy atom. The Hall–Kier alpha value is -0.950. The number of rotatable bonds is 4. The second-order valence-corrected chi connectivity index (χ2v) is 4.51. The van der Waals surface area contributed by atoms with Gasteiger partial charge in [0, 0.05) is 6.42 Å². The Bertz CT molecular complexity index is 386. The maximum atomic E-state index is 5.03. The van der Waals surface area contributed by atoms with Gasteiger partial charge in [-0.05, 0) is 0 Å². The van der Waals surface area contributed by atoms with E-state index in [0.717, 1.165) is 16.6 Å². The van der Waals surface area contributed by atoms with Gasteiger partial charge in [-0.2, -0.15) is 4.98 Å². The van der Waals surface area contributed by atoms with Crippen molar-refractivity contribution in [3.8, 4) is 0 Å². The van der Waals surface area contributed by atoms with E-state index in [-0.39, 0.29) is 0 Å². The minimum absolute atomic E-state index is 0.641. The SMILES string of the molecule is CCc1noc(CSc2nncs2)n1. The van der Waals surface area contributed by atoms with E-state index in [1.807, 2.05) is 6.92 Å². The highest BCUT2D eigenvalue weighted by Gasteiger charge is 2.06. The number of aryl methyl sites for hydroxylation is 1. The van der Waals surface area contributed by atoms with Gasteiger partial charge in [-0.25, -0.2) is 0 Å². The first kappa shape index (κ1) is 9.60. The lowest BCUT2D eigenvalue weighted by molar-refractivity contribution is 0.385. The molecule has 0 bridgehead atoms. The molecule has 0 N–H and O–H groups in total. The Morgan fingerprint density at radius 1 is 1.57 bits per heavy atom. The van der Waals surface area contributed by atoms with E-state index < -0.39 is 0 Å². The summed E-state index contributed by atoms with van der Waals surface area (Å²) in [6.45, 7) is 1.99. The fourth-order valence-electron chi connectivity index (χ4n) is 0.842. The molecule has 7 heteroatoms. The van der Waals surface area contributed by atoms with Gasteiger partial charge in [0.25, 0.3) is 0 Å². The smallest absolute Gasteiger partial charge is 0.237 e. The highest BCUT2D eigenvalue weighted by Crippen LogP contribution is 2.22. The topological polar surface area (TPSA) is 64.7 Å². The van der Waals surface area contributed by atoms with Crippen LogP contribution in [-0.2, 0) is 12.2 Å². The molecule has 0 aliphatic carbocycles. The van der Waals surface area contributed by atoms with E-state index in [0.29, 0.717) is 11.6 Å². The molecule has 0 aliphatic rings. The van der Waals surface area contributed by atoms with Crippen LogP contribution in [-0.4, -0.2) is 20.3 Å². The molecule has 2 aromatic rings. The minimum Gasteiger partial charge on any atom is -0.338 e. The zero-order chi connectivity index (χ0) is 9.80. The van der Waals surface area contributed by atoms with Crippen molar-refractivity contribution < 1.29 is 4.52 Å². The molecular formula is C7H8N4OS2. The van der Waals surface area contributed by atoms with Gasteiger partial charge in [0.1, 0.15) is 5.51 Å². The van der Waals surface area contributed by atoms with Crippen molar-refractivity contribution in [1.82, 2.24) is 20.3 Å². The number of nitrogens with zero attached hydrogens (tertiary/aromatic N) is 4. The van der Waals surface area contributed by atoms with Gasteiger partial charge in [0.05, 0.1) is 5.75 Å². The first-order valence-corrected chi connectivity index (χ1v) is 5.95. The summed E-state index contributed by atoms with van der Waals surface area (Å²) in [5, 5.41) is 11.4. The van der Waals surface area contributed by atoms with Crippen molar-refractivity contribution >= 4 is 23.1 Å². The van der Waals surface area contributed by atoms with Crippen LogP contribution >= 0.6 is 23.1 Å². The van der Waals surface area contributed by atoms with Crippen LogP contribution in [0.3, 0.4) is 0 Å². The van der Waals surface area contributed by atoms with Crippen LogP contribution in [0.15, 0.2) is 14.4 Å². The largest absolute Gasteiger partial charge is 0.338 e. The lowest BCUT2D eigenvalue weighted by Crippen LogP contribution is -1.83. The van der Waals surface area contributed by atoms with Gasteiger partial charge < -0.3 is 4.52 Å². The van der Waals surface area contributed by atoms with Gasteiger partial charge >= 0.3 is 0 Å². The maximum absolute atomic E-state index is 5.03. The average Bonchev–Trinajstić information content (AvgIpc) is 2.86. The predicted octanol–water partition coefficient (Wildman–Crippen LogP) is 1.78. The van der Waals surface area contributed by atoms with Gasteiger partial charge in [0.2, 0.25) is 5.89 Å². The van der Waals surface area contributed by atoms with Crippen molar-refractivity contribution in [3.05, 3.63) is 17.2 Å². The molecule has 0 amide bonds. The van der Waals surface area contributed by atoms with E-state index in [4.69, 9.17) is 4.52 Å². The molecule has 0 aliphatic heterocycles. The molecule has 0 unspecified atom stereocenters. The van der Waals surface area contributed by atoms with E-state index in [2.05, 4.69) is 20.3 Å². The summed E-state index contributed by atoms with van der Waals surface area (Å²) in [6, 6.07) is 0. The molecule has 74 valence electrons. The molecule has 0 fully saturated rings. The molecule has 0 atom stereocenters. The normalized spacial score (nSPS) is 10.6. The minimum atomic E-state index is 0.641. The molecule has 2 rings (SSSR count). The van der Waals surface area contributed by atoms with Gasteiger partial charge in [-0.15, -0.1) is 10.2 Å². The van der Waals surface area contributed by atoms with Crippen molar-refractivity contribution in [2.75, 3.05) is 0 Å². The lowest BCUT2D eigenvalue weighted by atomic mass is 10.5. The van der Waals surface area contributed by atoms with Crippen LogP contribution in [0, 0.1) is 0 Å². The van der Waals surface area contributed by atoms with E-state index >= 15 is 0 Å². The van der Waals surface area contributed by atoms with Crippen LogP contribution in [0.1, 0.15) is 18.6 Å². The summed E-state index contributed by atoms with van der Waals surface area (Å²) in [5.41, 5.74) is 1.70. The zero-order valence-electron chi connectivity index (χ0n) is 7.51. The molecule has 0 aromatic carbocycles. The number of thioether (sulfide) groups is 1. The fourth-order valence-corrected chi connectivity index (χ4v) is 2.17. The molecule has 2 aromatic heterocycles. The molecule has 5 nitrogen and oxygen atoms in total. The van der Waals surface area contributed by atoms with Crippen molar-refractivity contribution in [2.24, 2.45) is 0 Å². The average molecular weight is 228 g/mol. The number of hydrogen-bond acceptors (Lipinski definition) is 7. The molecule has 0 spiro atoms. The predicted molar refractivity (Wildman–Crippen MR) is 53.1 cm³/mol. The van der Waals surface area contributed by atoms with E-state index in [9.17, 15) is 0 Å². The summed E-state index contributed by atoms with van der Waals surface area (Å²) in [4.78, 5) is 4.19. The Labute approximate surface area is 88.9 Å². The highest BCUT2D eigenvalue weighted by atomic mass is 32.2. The molecular weight excluding hydrogens is 220 g/mol. The second kappa shape index (κ2) is 4.52. The number of hydrogen-bond donors (Lipinski definition) is 0. The van der Waals surface area contributed by atoms with Crippen LogP contribution in [0.2, 0.25) is 0 Å². The standard InChI is InChI=1S/C7H8N4OS2/c1-2-5-9-6(12-11-5)3-13-7-10-8-4-14-7/h4H,2-3H2,1H3. The molecule has 0 saturated heterocycles. The van der Waals surface area contributed by atoms with Crippen molar-refractivity contribution in [2.45, 2.75) is 23.4 Å². The van der Waals surface area contributed by atoms with Gasteiger partial charge in [-0.1, -0.05) is 35.2 Å². The summed E-state index contributed by atoms with van der Waals surface area (Å²) in [5.74, 6) is 2.04. The summed E-state index contributed by atoms with van der Waals surface area (Å²) >= 11 is 3.06. The fraction of sp³-hybridized carbons (Fsp3) is 0.429. The van der Waals surface area contributed by atoms with Crippen LogP contribution in [0.4, 0.5) is 0 Å². The lowest BCUT2D eigenvalue weighted by Gasteiger charge is -1.88. The highest BCUT2D eigenvalue weighted by molar-refractivity contribution is 8.00. The molecule has 14 heavy (non-hydrogen) atoms. The summed E-state index contributed by atoms with van der Waals surface area (Å²) in [6.07, 6.45) is 0.799. The monoisotopic (exact) mass is 228 g/mol. The summed E-state index contributed by atoms with van der Waals surface area (Å²) < 4.78 is 5.95. The third-order valence-electron chi connectivity index (χ3n) is 1.49. The van der Waals surface area contributed by atoms with E-state index in [1.165, 1.54) is 11.3 Å².